The quantitative estimate of drug-likeness (QED) is 0.732. The molecule has 1 unspecified atom stereocenters. The van der Waals surface area contributed by atoms with Gasteiger partial charge in [0.2, 0.25) is 5.91 Å². The molecule has 1 aliphatic carbocycles. The first-order valence-electron chi connectivity index (χ1n) is 6.69. The summed E-state index contributed by atoms with van der Waals surface area (Å²) in [5, 5.41) is 0. The van der Waals surface area contributed by atoms with Crippen molar-refractivity contribution in [2.45, 2.75) is 24.8 Å². The first kappa shape index (κ1) is 14.0. The van der Waals surface area contributed by atoms with Crippen molar-refractivity contribution in [1.82, 2.24) is 9.88 Å². The van der Waals surface area contributed by atoms with E-state index in [2.05, 4.69) is 9.88 Å². The number of pyridine rings is 1. The van der Waals surface area contributed by atoms with Crippen LogP contribution in [-0.4, -0.2) is 41.5 Å². The van der Waals surface area contributed by atoms with Gasteiger partial charge in [0, 0.05) is 31.4 Å². The molecule has 1 aromatic rings. The summed E-state index contributed by atoms with van der Waals surface area (Å²) in [6.45, 7) is 1.33. The van der Waals surface area contributed by atoms with Crippen molar-refractivity contribution >= 4 is 5.91 Å². The van der Waals surface area contributed by atoms with Crippen LogP contribution < -0.4 is 11.5 Å². The molecule has 2 rings (SSSR count). The summed E-state index contributed by atoms with van der Waals surface area (Å²) in [4.78, 5) is 17.9. The summed E-state index contributed by atoms with van der Waals surface area (Å²) in [6.07, 6.45) is 4.65. The normalized spacial score (nSPS) is 18.3. The molecular formula is C14H22N4O. The zero-order valence-corrected chi connectivity index (χ0v) is 11.4. The summed E-state index contributed by atoms with van der Waals surface area (Å²) >= 11 is 0. The Morgan fingerprint density at radius 3 is 2.79 bits per heavy atom. The van der Waals surface area contributed by atoms with Gasteiger partial charge in [-0.05, 0) is 37.9 Å². The molecule has 0 saturated heterocycles. The molecule has 104 valence electrons. The third kappa shape index (κ3) is 3.52. The fourth-order valence-corrected chi connectivity index (χ4v) is 2.38. The predicted octanol–water partition coefficient (Wildman–Crippen LogP) is 0.149. The molecule has 1 saturated carbocycles. The maximum absolute atomic E-state index is 11.6. The van der Waals surface area contributed by atoms with E-state index in [1.165, 1.54) is 0 Å². The molecule has 0 aromatic carbocycles. The van der Waals surface area contributed by atoms with Crippen molar-refractivity contribution in [3.63, 3.8) is 0 Å². The van der Waals surface area contributed by atoms with Crippen molar-refractivity contribution in [3.8, 4) is 0 Å². The van der Waals surface area contributed by atoms with E-state index in [9.17, 15) is 4.79 Å². The van der Waals surface area contributed by atoms with E-state index in [0.717, 1.165) is 31.5 Å². The highest BCUT2D eigenvalue weighted by molar-refractivity contribution is 5.85. The molecule has 0 radical (unpaired) electrons. The molecule has 1 heterocycles. The number of nitrogens with two attached hydrogens (primary N) is 2. The maximum Gasteiger partial charge on any atom is 0.239 e. The highest BCUT2D eigenvalue weighted by Crippen LogP contribution is 2.38. The Morgan fingerprint density at radius 1 is 1.53 bits per heavy atom. The second kappa shape index (κ2) is 5.67. The minimum Gasteiger partial charge on any atom is -0.368 e. The van der Waals surface area contributed by atoms with Crippen LogP contribution in [0.3, 0.4) is 0 Å². The second-order valence-electron chi connectivity index (χ2n) is 5.49. The summed E-state index contributed by atoms with van der Waals surface area (Å²) in [5.74, 6) is -0.137. The van der Waals surface area contributed by atoms with Crippen LogP contribution in [0.4, 0.5) is 0 Å². The predicted molar refractivity (Wildman–Crippen MR) is 74.3 cm³/mol. The molecule has 0 spiro atoms. The van der Waals surface area contributed by atoms with Gasteiger partial charge >= 0.3 is 0 Å². The Morgan fingerprint density at radius 2 is 2.26 bits per heavy atom. The van der Waals surface area contributed by atoms with E-state index in [1.54, 1.807) is 6.20 Å². The van der Waals surface area contributed by atoms with E-state index in [1.807, 2.05) is 25.2 Å². The van der Waals surface area contributed by atoms with Gasteiger partial charge in [0.25, 0.3) is 0 Å². The van der Waals surface area contributed by atoms with Crippen LogP contribution in [0, 0.1) is 5.92 Å². The zero-order valence-electron chi connectivity index (χ0n) is 11.4. The Hall–Kier alpha value is -1.46. The van der Waals surface area contributed by atoms with Crippen molar-refractivity contribution in [2.24, 2.45) is 17.4 Å². The third-order valence-corrected chi connectivity index (χ3v) is 3.77. The number of amides is 1. The zero-order chi connectivity index (χ0) is 13.9. The number of hydrogen-bond donors (Lipinski definition) is 2. The van der Waals surface area contributed by atoms with Crippen molar-refractivity contribution in [1.29, 1.82) is 0 Å². The smallest absolute Gasteiger partial charge is 0.239 e. The summed E-state index contributed by atoms with van der Waals surface area (Å²) in [5.41, 5.74) is 11.8. The van der Waals surface area contributed by atoms with Gasteiger partial charge in [-0.15, -0.1) is 0 Å². The lowest BCUT2D eigenvalue weighted by Crippen LogP contribution is -2.60. The van der Waals surface area contributed by atoms with Gasteiger partial charge in [0.05, 0.1) is 0 Å². The molecule has 4 N–H and O–H groups in total. The average molecular weight is 262 g/mol. The molecule has 1 aliphatic rings. The number of carbonyl (C=O) groups excluding carboxylic acids is 1. The van der Waals surface area contributed by atoms with Crippen molar-refractivity contribution in [3.05, 3.63) is 30.1 Å². The first-order valence-corrected chi connectivity index (χ1v) is 6.69. The Kier molecular flexibility index (Phi) is 4.17. The number of nitrogens with zero attached hydrogens (tertiary/aromatic N) is 2. The molecule has 1 amide bonds. The van der Waals surface area contributed by atoms with E-state index in [4.69, 9.17) is 11.5 Å². The molecule has 5 heteroatoms. The van der Waals surface area contributed by atoms with Crippen molar-refractivity contribution < 1.29 is 4.79 Å². The van der Waals surface area contributed by atoms with Gasteiger partial charge in [-0.2, -0.15) is 0 Å². The molecule has 0 aliphatic heterocycles. The fourth-order valence-electron chi connectivity index (χ4n) is 2.38. The number of hydrogen-bond acceptors (Lipinski definition) is 4. The molecule has 0 bridgehead atoms. The second-order valence-corrected chi connectivity index (χ2v) is 5.49. The number of primary amides is 1. The molecule has 19 heavy (non-hydrogen) atoms. The fraction of sp³-hybridized carbons (Fsp3) is 0.571. The average Bonchev–Trinajstić information content (AvgIpc) is 3.22. The number of likely N-dealkylation sites (N-methyl/N-ethyl adjacent to an activating group) is 1. The summed E-state index contributed by atoms with van der Waals surface area (Å²) < 4.78 is 0. The van der Waals surface area contributed by atoms with Gasteiger partial charge in [0.15, 0.2) is 0 Å². The van der Waals surface area contributed by atoms with Gasteiger partial charge in [-0.3, -0.25) is 9.78 Å². The van der Waals surface area contributed by atoms with E-state index in [-0.39, 0.29) is 11.8 Å². The first-order chi connectivity index (χ1) is 9.02. The van der Waals surface area contributed by atoms with E-state index in [0.29, 0.717) is 6.54 Å². The Labute approximate surface area is 114 Å². The van der Waals surface area contributed by atoms with Gasteiger partial charge in [-0.1, -0.05) is 6.07 Å². The minimum absolute atomic E-state index is 0.252. The highest BCUT2D eigenvalue weighted by atomic mass is 16.1. The lowest BCUT2D eigenvalue weighted by Gasteiger charge is -2.31. The Bertz CT molecular complexity index is 432. The van der Waals surface area contributed by atoms with Gasteiger partial charge in [-0.25, -0.2) is 0 Å². The third-order valence-electron chi connectivity index (χ3n) is 3.77. The highest BCUT2D eigenvalue weighted by Gasteiger charge is 2.47. The molecule has 1 aromatic heterocycles. The largest absolute Gasteiger partial charge is 0.368 e. The van der Waals surface area contributed by atoms with Crippen LogP contribution in [-0.2, 0) is 11.2 Å². The molecule has 1 atom stereocenters. The van der Waals surface area contributed by atoms with E-state index < -0.39 is 5.54 Å². The van der Waals surface area contributed by atoms with E-state index >= 15 is 0 Å². The minimum atomic E-state index is -0.876. The lowest BCUT2D eigenvalue weighted by molar-refractivity contribution is -0.124. The number of carbonyl (C=O) groups is 1. The summed E-state index contributed by atoms with van der Waals surface area (Å²) in [6, 6.07) is 5.87. The van der Waals surface area contributed by atoms with Crippen LogP contribution in [0.2, 0.25) is 0 Å². The van der Waals surface area contributed by atoms with Crippen LogP contribution in [0.5, 0.6) is 0 Å². The monoisotopic (exact) mass is 262 g/mol. The summed E-state index contributed by atoms with van der Waals surface area (Å²) in [7, 11) is 1.97. The molecule has 5 nitrogen and oxygen atoms in total. The van der Waals surface area contributed by atoms with Crippen LogP contribution in [0.1, 0.15) is 18.5 Å². The van der Waals surface area contributed by atoms with Crippen LogP contribution >= 0.6 is 0 Å². The SMILES string of the molecule is CN(CCc1ccccn1)CC(N)(C(N)=O)C1CC1. The Balaban J connectivity index is 1.86. The van der Waals surface area contributed by atoms with Crippen molar-refractivity contribution in [2.75, 3.05) is 20.1 Å². The van der Waals surface area contributed by atoms with Gasteiger partial charge in [0.1, 0.15) is 5.54 Å². The van der Waals surface area contributed by atoms with Crippen LogP contribution in [0.15, 0.2) is 24.4 Å². The topological polar surface area (TPSA) is 85.2 Å². The molecule has 1 fully saturated rings. The van der Waals surface area contributed by atoms with Crippen LogP contribution in [0.25, 0.3) is 0 Å². The number of aromatic nitrogens is 1. The lowest BCUT2D eigenvalue weighted by atomic mass is 9.93. The molecular weight excluding hydrogens is 240 g/mol. The standard InChI is InChI=1S/C14H22N4O/c1-18(9-7-12-4-2-3-8-17-12)10-14(16,13(15)19)11-5-6-11/h2-4,8,11H,5-7,9-10,16H2,1H3,(H2,15,19). The number of rotatable bonds is 7. The maximum atomic E-state index is 11.6. The van der Waals surface area contributed by atoms with Gasteiger partial charge < -0.3 is 16.4 Å².